The highest BCUT2D eigenvalue weighted by Gasteiger charge is 2.26. The first-order chi connectivity index (χ1) is 14.5. The Labute approximate surface area is 195 Å². The molecule has 0 fully saturated rings. The highest BCUT2D eigenvalue weighted by molar-refractivity contribution is 9.10. The number of amides is 2. The SMILES string of the molecule is CC(C)NC(=O)[C@H](C)N(Cc1ccc(Br)cc1)C(=O)CCc1ccc(C(C)(C)C)cc1. The average molecular weight is 487 g/mol. The molecule has 2 aromatic rings. The summed E-state index contributed by atoms with van der Waals surface area (Å²) < 4.78 is 0.985. The Balaban J connectivity index is 2.12. The third-order valence-corrected chi connectivity index (χ3v) is 5.84. The third-order valence-electron chi connectivity index (χ3n) is 5.31. The number of hydrogen-bond acceptors (Lipinski definition) is 2. The van der Waals surface area contributed by atoms with Crippen LogP contribution in [0.1, 0.15) is 64.7 Å². The Morgan fingerprint density at radius 3 is 2.00 bits per heavy atom. The van der Waals surface area contributed by atoms with Gasteiger partial charge in [0.05, 0.1) is 0 Å². The van der Waals surface area contributed by atoms with E-state index in [2.05, 4.69) is 66.3 Å². The fraction of sp³-hybridized carbons (Fsp3) is 0.462. The molecule has 2 amide bonds. The Morgan fingerprint density at radius 1 is 0.935 bits per heavy atom. The van der Waals surface area contributed by atoms with Gasteiger partial charge in [-0.15, -0.1) is 0 Å². The van der Waals surface area contributed by atoms with E-state index in [1.54, 1.807) is 11.8 Å². The van der Waals surface area contributed by atoms with E-state index < -0.39 is 6.04 Å². The average Bonchev–Trinajstić information content (AvgIpc) is 2.70. The van der Waals surface area contributed by atoms with Gasteiger partial charge in [0.1, 0.15) is 6.04 Å². The van der Waals surface area contributed by atoms with Gasteiger partial charge in [0.25, 0.3) is 0 Å². The fourth-order valence-corrected chi connectivity index (χ4v) is 3.60. The van der Waals surface area contributed by atoms with Crippen molar-refractivity contribution >= 4 is 27.7 Å². The van der Waals surface area contributed by atoms with Crippen LogP contribution in [0.4, 0.5) is 0 Å². The van der Waals surface area contributed by atoms with Crippen LogP contribution in [-0.4, -0.2) is 28.8 Å². The lowest BCUT2D eigenvalue weighted by molar-refractivity contribution is -0.140. The summed E-state index contributed by atoms with van der Waals surface area (Å²) in [4.78, 5) is 27.5. The molecule has 0 aromatic heterocycles. The van der Waals surface area contributed by atoms with Crippen LogP contribution in [0.2, 0.25) is 0 Å². The van der Waals surface area contributed by atoms with Crippen molar-refractivity contribution in [1.29, 1.82) is 0 Å². The Bertz CT molecular complexity index is 868. The largest absolute Gasteiger partial charge is 0.352 e. The van der Waals surface area contributed by atoms with Crippen LogP contribution in [-0.2, 0) is 28.0 Å². The second-order valence-electron chi connectivity index (χ2n) is 9.43. The monoisotopic (exact) mass is 486 g/mol. The summed E-state index contributed by atoms with van der Waals surface area (Å²) >= 11 is 3.44. The van der Waals surface area contributed by atoms with Crippen molar-refractivity contribution in [2.45, 2.75) is 78.4 Å². The summed E-state index contributed by atoms with van der Waals surface area (Å²) in [5.41, 5.74) is 3.51. The summed E-state index contributed by atoms with van der Waals surface area (Å²) in [6.07, 6.45) is 1.02. The van der Waals surface area contributed by atoms with Crippen molar-refractivity contribution in [3.05, 3.63) is 69.7 Å². The number of carbonyl (C=O) groups excluding carboxylic acids is 2. The molecule has 0 aliphatic rings. The minimum atomic E-state index is -0.540. The molecule has 0 spiro atoms. The van der Waals surface area contributed by atoms with Gasteiger partial charge < -0.3 is 10.2 Å². The van der Waals surface area contributed by atoms with Gasteiger partial charge in [-0.1, -0.05) is 73.1 Å². The van der Waals surface area contributed by atoms with Gasteiger partial charge in [0, 0.05) is 23.5 Å². The Hall–Kier alpha value is -2.14. The van der Waals surface area contributed by atoms with Gasteiger partial charge in [0.2, 0.25) is 11.8 Å². The van der Waals surface area contributed by atoms with Crippen LogP contribution in [0.5, 0.6) is 0 Å². The number of aryl methyl sites for hydroxylation is 1. The number of benzene rings is 2. The Kier molecular flexibility index (Phi) is 8.87. The molecule has 4 nitrogen and oxygen atoms in total. The number of hydrogen-bond donors (Lipinski definition) is 1. The summed E-state index contributed by atoms with van der Waals surface area (Å²) in [5, 5.41) is 2.93. The maximum Gasteiger partial charge on any atom is 0.242 e. The standard InChI is InChI=1S/C26H35BrN2O2/c1-18(2)28-25(31)19(3)29(17-21-9-14-23(27)15-10-21)24(30)16-11-20-7-12-22(13-8-20)26(4,5)6/h7-10,12-15,18-19H,11,16-17H2,1-6H3,(H,28,31)/t19-/m0/s1. The van der Waals surface area contributed by atoms with E-state index in [-0.39, 0.29) is 23.3 Å². The van der Waals surface area contributed by atoms with Crippen molar-refractivity contribution < 1.29 is 9.59 Å². The van der Waals surface area contributed by atoms with E-state index >= 15 is 0 Å². The van der Waals surface area contributed by atoms with Crippen LogP contribution in [0.3, 0.4) is 0 Å². The first-order valence-electron chi connectivity index (χ1n) is 10.9. The smallest absolute Gasteiger partial charge is 0.242 e. The van der Waals surface area contributed by atoms with Crippen LogP contribution in [0.15, 0.2) is 53.0 Å². The molecule has 0 bridgehead atoms. The van der Waals surface area contributed by atoms with Crippen LogP contribution in [0.25, 0.3) is 0 Å². The normalized spacial score (nSPS) is 12.5. The maximum atomic E-state index is 13.2. The van der Waals surface area contributed by atoms with Gasteiger partial charge in [-0.05, 0) is 61.4 Å². The molecule has 2 rings (SSSR count). The van der Waals surface area contributed by atoms with Crippen LogP contribution >= 0.6 is 15.9 Å². The van der Waals surface area contributed by atoms with E-state index in [1.165, 1.54) is 5.56 Å². The van der Waals surface area contributed by atoms with Crippen LogP contribution in [0, 0.1) is 0 Å². The Morgan fingerprint density at radius 2 is 1.48 bits per heavy atom. The molecule has 0 aliphatic heterocycles. The molecule has 0 heterocycles. The zero-order valence-electron chi connectivity index (χ0n) is 19.5. The summed E-state index contributed by atoms with van der Waals surface area (Å²) in [7, 11) is 0. The minimum absolute atomic E-state index is 0.0192. The van der Waals surface area contributed by atoms with E-state index in [0.29, 0.717) is 19.4 Å². The van der Waals surface area contributed by atoms with Gasteiger partial charge in [-0.2, -0.15) is 0 Å². The molecule has 31 heavy (non-hydrogen) atoms. The quantitative estimate of drug-likeness (QED) is 0.526. The van der Waals surface area contributed by atoms with Crippen molar-refractivity contribution in [2.24, 2.45) is 0 Å². The summed E-state index contributed by atoms with van der Waals surface area (Å²) in [6, 6.07) is 15.8. The van der Waals surface area contributed by atoms with Crippen molar-refractivity contribution in [2.75, 3.05) is 0 Å². The van der Waals surface area contributed by atoms with Gasteiger partial charge in [0.15, 0.2) is 0 Å². The molecule has 1 atom stereocenters. The zero-order valence-corrected chi connectivity index (χ0v) is 21.1. The highest BCUT2D eigenvalue weighted by atomic mass is 79.9. The maximum absolute atomic E-state index is 13.2. The lowest BCUT2D eigenvalue weighted by Gasteiger charge is -2.29. The van der Waals surface area contributed by atoms with E-state index in [9.17, 15) is 9.59 Å². The number of carbonyl (C=O) groups is 2. The number of nitrogens with one attached hydrogen (secondary N) is 1. The first-order valence-corrected chi connectivity index (χ1v) is 11.7. The molecule has 1 N–H and O–H groups in total. The lowest BCUT2D eigenvalue weighted by atomic mass is 9.86. The zero-order chi connectivity index (χ0) is 23.2. The van der Waals surface area contributed by atoms with E-state index in [0.717, 1.165) is 15.6 Å². The topological polar surface area (TPSA) is 49.4 Å². The van der Waals surface area contributed by atoms with Crippen LogP contribution < -0.4 is 5.32 Å². The fourth-order valence-electron chi connectivity index (χ4n) is 3.34. The molecule has 168 valence electrons. The number of nitrogens with zero attached hydrogens (tertiary/aromatic N) is 1. The minimum Gasteiger partial charge on any atom is -0.352 e. The third kappa shape index (κ3) is 7.80. The van der Waals surface area contributed by atoms with E-state index in [4.69, 9.17) is 0 Å². The molecule has 5 heteroatoms. The predicted octanol–water partition coefficient (Wildman–Crippen LogP) is 5.62. The molecule has 0 aliphatic carbocycles. The van der Waals surface area contributed by atoms with Gasteiger partial charge >= 0.3 is 0 Å². The highest BCUT2D eigenvalue weighted by Crippen LogP contribution is 2.23. The lowest BCUT2D eigenvalue weighted by Crippen LogP contribution is -2.49. The second kappa shape index (κ2) is 10.9. The number of halogens is 1. The predicted molar refractivity (Wildman–Crippen MR) is 131 cm³/mol. The van der Waals surface area contributed by atoms with Gasteiger partial charge in [-0.3, -0.25) is 9.59 Å². The van der Waals surface area contributed by atoms with Crippen molar-refractivity contribution in [3.8, 4) is 0 Å². The number of rotatable bonds is 8. The van der Waals surface area contributed by atoms with Crippen molar-refractivity contribution in [1.82, 2.24) is 10.2 Å². The van der Waals surface area contributed by atoms with E-state index in [1.807, 2.05) is 38.1 Å². The molecular weight excluding hydrogens is 452 g/mol. The summed E-state index contributed by atoms with van der Waals surface area (Å²) in [6.45, 7) is 12.6. The second-order valence-corrected chi connectivity index (χ2v) is 10.3. The molecule has 0 saturated heterocycles. The first kappa shape index (κ1) is 25.1. The molecule has 0 saturated carbocycles. The van der Waals surface area contributed by atoms with Gasteiger partial charge in [-0.25, -0.2) is 0 Å². The molecule has 0 radical (unpaired) electrons. The molecule has 0 unspecified atom stereocenters. The molecule has 2 aromatic carbocycles. The summed E-state index contributed by atoms with van der Waals surface area (Å²) in [5.74, 6) is -0.149. The molecular formula is C26H35BrN2O2. The van der Waals surface area contributed by atoms with Crippen molar-refractivity contribution in [3.63, 3.8) is 0 Å².